The summed E-state index contributed by atoms with van der Waals surface area (Å²) in [5.41, 5.74) is 2.71. The van der Waals surface area contributed by atoms with Crippen LogP contribution in [0.2, 0.25) is 0 Å². The summed E-state index contributed by atoms with van der Waals surface area (Å²) in [6.45, 7) is 0. The standard InChI is InChI=1S/C14H8N4O2/c19-18(20)10-5-6-12-9(7-10)8-15-14-16-11-3-1-2-4-13(11)17(12)14/h1-8H. The van der Waals surface area contributed by atoms with Gasteiger partial charge < -0.3 is 0 Å². The molecule has 0 aliphatic carbocycles. The van der Waals surface area contributed by atoms with E-state index in [9.17, 15) is 10.1 Å². The molecular formula is C14H8N4O2. The number of hydrogen-bond acceptors (Lipinski definition) is 4. The van der Waals surface area contributed by atoms with Gasteiger partial charge in [0.05, 0.1) is 21.5 Å². The second kappa shape index (κ2) is 3.74. The van der Waals surface area contributed by atoms with Crippen molar-refractivity contribution in [3.63, 3.8) is 0 Å². The van der Waals surface area contributed by atoms with E-state index in [1.807, 2.05) is 28.7 Å². The van der Waals surface area contributed by atoms with E-state index in [1.165, 1.54) is 12.1 Å². The first-order chi connectivity index (χ1) is 9.74. The molecule has 0 N–H and O–H groups in total. The average molecular weight is 264 g/mol. The van der Waals surface area contributed by atoms with E-state index >= 15 is 0 Å². The molecule has 0 aliphatic rings. The van der Waals surface area contributed by atoms with Crippen molar-refractivity contribution in [2.24, 2.45) is 0 Å². The minimum atomic E-state index is -0.407. The number of non-ortho nitro benzene ring substituents is 1. The maximum Gasteiger partial charge on any atom is 0.270 e. The van der Waals surface area contributed by atoms with E-state index in [4.69, 9.17) is 0 Å². The Labute approximate surface area is 112 Å². The lowest BCUT2D eigenvalue weighted by Crippen LogP contribution is -1.93. The molecular weight excluding hydrogens is 256 g/mol. The predicted octanol–water partition coefficient (Wildman–Crippen LogP) is 2.94. The first-order valence-electron chi connectivity index (χ1n) is 6.04. The van der Waals surface area contributed by atoms with Crippen LogP contribution in [0.3, 0.4) is 0 Å². The van der Waals surface area contributed by atoms with Gasteiger partial charge in [-0.1, -0.05) is 12.1 Å². The van der Waals surface area contributed by atoms with Gasteiger partial charge in [-0.2, -0.15) is 0 Å². The van der Waals surface area contributed by atoms with Gasteiger partial charge in [-0.05, 0) is 18.2 Å². The third-order valence-corrected chi connectivity index (χ3v) is 3.33. The van der Waals surface area contributed by atoms with Crippen molar-refractivity contribution in [2.45, 2.75) is 0 Å². The summed E-state index contributed by atoms with van der Waals surface area (Å²) in [4.78, 5) is 19.1. The van der Waals surface area contributed by atoms with Crippen LogP contribution in [0, 0.1) is 10.1 Å². The van der Waals surface area contributed by atoms with Crippen molar-refractivity contribution < 1.29 is 4.92 Å². The lowest BCUT2D eigenvalue weighted by Gasteiger charge is -2.02. The maximum absolute atomic E-state index is 10.8. The van der Waals surface area contributed by atoms with Gasteiger partial charge >= 0.3 is 0 Å². The summed E-state index contributed by atoms with van der Waals surface area (Å²) in [6.07, 6.45) is 1.61. The van der Waals surface area contributed by atoms with Crippen LogP contribution in [0.15, 0.2) is 48.7 Å². The highest BCUT2D eigenvalue weighted by atomic mass is 16.6. The SMILES string of the molecule is O=[N+]([O-])c1ccc2c(cnc3nc4ccccc4n32)c1. The first kappa shape index (κ1) is 10.9. The number of nitrogens with zero attached hydrogens (tertiary/aromatic N) is 4. The molecule has 0 amide bonds. The van der Waals surface area contributed by atoms with Crippen molar-refractivity contribution in [3.05, 3.63) is 58.8 Å². The zero-order valence-corrected chi connectivity index (χ0v) is 10.2. The van der Waals surface area contributed by atoms with Gasteiger partial charge in [-0.25, -0.2) is 9.97 Å². The largest absolute Gasteiger partial charge is 0.276 e. The molecule has 96 valence electrons. The lowest BCUT2D eigenvalue weighted by molar-refractivity contribution is -0.384. The van der Waals surface area contributed by atoms with E-state index in [2.05, 4.69) is 9.97 Å². The number of para-hydroxylation sites is 2. The van der Waals surface area contributed by atoms with Crippen LogP contribution in [-0.2, 0) is 0 Å². The Morgan fingerprint density at radius 1 is 1.10 bits per heavy atom. The molecule has 0 saturated carbocycles. The van der Waals surface area contributed by atoms with E-state index in [0.717, 1.165) is 21.9 Å². The number of aromatic nitrogens is 3. The lowest BCUT2D eigenvalue weighted by atomic mass is 10.2. The fourth-order valence-corrected chi connectivity index (χ4v) is 2.43. The summed E-state index contributed by atoms with van der Waals surface area (Å²) < 4.78 is 1.91. The van der Waals surface area contributed by atoms with Crippen molar-refractivity contribution in [2.75, 3.05) is 0 Å². The number of rotatable bonds is 1. The van der Waals surface area contributed by atoms with Crippen molar-refractivity contribution in [1.82, 2.24) is 14.4 Å². The Hall–Kier alpha value is -3.02. The van der Waals surface area contributed by atoms with E-state index in [0.29, 0.717) is 5.78 Å². The average Bonchev–Trinajstić information content (AvgIpc) is 2.85. The highest BCUT2D eigenvalue weighted by molar-refractivity contribution is 5.89. The summed E-state index contributed by atoms with van der Waals surface area (Å²) in [6, 6.07) is 12.5. The van der Waals surface area contributed by atoms with Gasteiger partial charge in [0.2, 0.25) is 5.78 Å². The first-order valence-corrected chi connectivity index (χ1v) is 6.04. The van der Waals surface area contributed by atoms with Gasteiger partial charge in [0.15, 0.2) is 0 Å². The quantitative estimate of drug-likeness (QED) is 0.391. The Balaban J connectivity index is 2.20. The molecule has 0 bridgehead atoms. The molecule has 0 atom stereocenters. The Bertz CT molecular complexity index is 990. The van der Waals surface area contributed by atoms with Crippen molar-refractivity contribution in [3.8, 4) is 0 Å². The summed E-state index contributed by atoms with van der Waals surface area (Å²) >= 11 is 0. The molecule has 6 nitrogen and oxygen atoms in total. The van der Waals surface area contributed by atoms with Crippen LogP contribution >= 0.6 is 0 Å². The molecule has 2 heterocycles. The molecule has 0 radical (unpaired) electrons. The van der Waals surface area contributed by atoms with Gasteiger partial charge in [0, 0.05) is 23.7 Å². The molecule has 0 unspecified atom stereocenters. The molecule has 4 rings (SSSR count). The normalized spacial score (nSPS) is 11.4. The second-order valence-corrected chi connectivity index (χ2v) is 4.49. The molecule has 20 heavy (non-hydrogen) atoms. The second-order valence-electron chi connectivity index (χ2n) is 4.49. The Morgan fingerprint density at radius 2 is 1.95 bits per heavy atom. The topological polar surface area (TPSA) is 73.3 Å². The molecule has 2 aromatic heterocycles. The van der Waals surface area contributed by atoms with Crippen LogP contribution < -0.4 is 0 Å². The van der Waals surface area contributed by atoms with Crippen LogP contribution in [0.1, 0.15) is 0 Å². The zero-order valence-electron chi connectivity index (χ0n) is 10.2. The van der Waals surface area contributed by atoms with Crippen LogP contribution in [0.25, 0.3) is 27.7 Å². The summed E-state index contributed by atoms with van der Waals surface area (Å²) in [7, 11) is 0. The summed E-state index contributed by atoms with van der Waals surface area (Å²) in [5.74, 6) is 0.590. The minimum Gasteiger partial charge on any atom is -0.276 e. The number of benzene rings is 2. The molecule has 6 heteroatoms. The highest BCUT2D eigenvalue weighted by Crippen LogP contribution is 2.24. The van der Waals surface area contributed by atoms with Crippen LogP contribution in [-0.4, -0.2) is 19.3 Å². The number of fused-ring (bicyclic) bond motifs is 5. The molecule has 0 saturated heterocycles. The Morgan fingerprint density at radius 3 is 2.80 bits per heavy atom. The maximum atomic E-state index is 10.8. The van der Waals surface area contributed by atoms with E-state index in [1.54, 1.807) is 12.3 Å². The third-order valence-electron chi connectivity index (χ3n) is 3.33. The van der Waals surface area contributed by atoms with Crippen LogP contribution in [0.4, 0.5) is 5.69 Å². The third kappa shape index (κ3) is 1.38. The minimum absolute atomic E-state index is 0.0584. The zero-order chi connectivity index (χ0) is 13.7. The number of nitro benzene ring substituents is 1. The van der Waals surface area contributed by atoms with Gasteiger partial charge in [0.1, 0.15) is 0 Å². The smallest absolute Gasteiger partial charge is 0.270 e. The fourth-order valence-electron chi connectivity index (χ4n) is 2.43. The fraction of sp³-hybridized carbons (Fsp3) is 0. The van der Waals surface area contributed by atoms with E-state index < -0.39 is 4.92 Å². The van der Waals surface area contributed by atoms with Crippen molar-refractivity contribution in [1.29, 1.82) is 0 Å². The van der Waals surface area contributed by atoms with Crippen LogP contribution in [0.5, 0.6) is 0 Å². The predicted molar refractivity (Wildman–Crippen MR) is 74.7 cm³/mol. The van der Waals surface area contributed by atoms with Crippen molar-refractivity contribution >= 4 is 33.4 Å². The number of imidazole rings is 1. The van der Waals surface area contributed by atoms with Gasteiger partial charge in [0.25, 0.3) is 5.69 Å². The number of nitro groups is 1. The molecule has 0 fully saturated rings. The summed E-state index contributed by atoms with van der Waals surface area (Å²) in [5, 5.41) is 11.6. The highest BCUT2D eigenvalue weighted by Gasteiger charge is 2.11. The van der Waals surface area contributed by atoms with Gasteiger partial charge in [-0.15, -0.1) is 0 Å². The monoisotopic (exact) mass is 264 g/mol. The Kier molecular flexibility index (Phi) is 2.03. The molecule has 0 aliphatic heterocycles. The molecule has 2 aromatic carbocycles. The van der Waals surface area contributed by atoms with E-state index in [-0.39, 0.29) is 5.69 Å². The number of hydrogen-bond donors (Lipinski definition) is 0. The molecule has 0 spiro atoms. The molecule has 4 aromatic rings. The van der Waals surface area contributed by atoms with Gasteiger partial charge in [-0.3, -0.25) is 14.5 Å².